The van der Waals surface area contributed by atoms with Crippen LogP contribution in [0.25, 0.3) is 0 Å². The highest BCUT2D eigenvalue weighted by Gasteiger charge is 2.27. The molecule has 1 saturated carbocycles. The van der Waals surface area contributed by atoms with E-state index in [4.69, 9.17) is 4.74 Å². The number of esters is 1. The molecule has 1 aliphatic carbocycles. The molecule has 0 aliphatic heterocycles. The normalized spacial score (nSPS) is 19.7. The van der Waals surface area contributed by atoms with E-state index in [0.717, 1.165) is 44.1 Å². The Labute approximate surface area is 164 Å². The van der Waals surface area contributed by atoms with Crippen LogP contribution in [0.1, 0.15) is 61.3 Å². The van der Waals surface area contributed by atoms with Crippen molar-refractivity contribution in [1.29, 1.82) is 0 Å². The Morgan fingerprint density at radius 3 is 2.22 bits per heavy atom. The molecule has 0 amide bonds. The minimum atomic E-state index is -0.0550. The summed E-state index contributed by atoms with van der Waals surface area (Å²) >= 11 is 0. The highest BCUT2D eigenvalue weighted by Crippen LogP contribution is 2.32. The van der Waals surface area contributed by atoms with E-state index in [-0.39, 0.29) is 11.9 Å². The first-order chi connectivity index (χ1) is 13.0. The maximum Gasteiger partial charge on any atom is 0.314 e. The fourth-order valence-corrected chi connectivity index (χ4v) is 4.04. The van der Waals surface area contributed by atoms with Crippen LogP contribution in [-0.4, -0.2) is 5.97 Å². The second-order valence-corrected chi connectivity index (χ2v) is 8.16. The molecule has 0 unspecified atom stereocenters. The van der Waals surface area contributed by atoms with Crippen LogP contribution < -0.4 is 4.74 Å². The fourth-order valence-electron chi connectivity index (χ4n) is 4.04. The molecule has 1 aliphatic rings. The van der Waals surface area contributed by atoms with E-state index in [2.05, 4.69) is 38.1 Å². The third-order valence-corrected chi connectivity index (χ3v) is 5.96. The molecule has 3 rings (SSSR count). The van der Waals surface area contributed by atoms with Gasteiger partial charge < -0.3 is 4.74 Å². The molecule has 2 aromatic rings. The lowest BCUT2D eigenvalue weighted by atomic mass is 9.79. The van der Waals surface area contributed by atoms with Gasteiger partial charge in [0.1, 0.15) is 5.75 Å². The fraction of sp³-hybridized carbons (Fsp3) is 0.480. The van der Waals surface area contributed by atoms with E-state index in [9.17, 15) is 4.79 Å². The van der Waals surface area contributed by atoms with Crippen LogP contribution >= 0.6 is 0 Å². The predicted octanol–water partition coefficient (Wildman–Crippen LogP) is 6.21. The van der Waals surface area contributed by atoms with Gasteiger partial charge in [-0.05, 0) is 92.7 Å². The Morgan fingerprint density at radius 1 is 0.926 bits per heavy atom. The van der Waals surface area contributed by atoms with Crippen LogP contribution in [0.3, 0.4) is 0 Å². The van der Waals surface area contributed by atoms with Gasteiger partial charge in [0.2, 0.25) is 0 Å². The van der Waals surface area contributed by atoms with Crippen molar-refractivity contribution in [2.24, 2.45) is 11.8 Å². The van der Waals surface area contributed by atoms with Gasteiger partial charge in [-0.1, -0.05) is 43.7 Å². The maximum atomic E-state index is 12.5. The second-order valence-electron chi connectivity index (χ2n) is 8.16. The lowest BCUT2D eigenvalue weighted by Crippen LogP contribution is -2.26. The number of carbonyl (C=O) groups is 1. The zero-order chi connectivity index (χ0) is 19.2. The second kappa shape index (κ2) is 9.21. The average molecular weight is 365 g/mol. The molecule has 2 heteroatoms. The molecule has 0 saturated heterocycles. The summed E-state index contributed by atoms with van der Waals surface area (Å²) in [6.45, 7) is 6.34. The molecule has 0 atom stereocenters. The van der Waals surface area contributed by atoms with Crippen LogP contribution in [0.5, 0.6) is 5.75 Å². The Bertz CT molecular complexity index is 752. The molecule has 0 bridgehead atoms. The lowest BCUT2D eigenvalue weighted by Gasteiger charge is -2.27. The van der Waals surface area contributed by atoms with Gasteiger partial charge in [-0.3, -0.25) is 4.79 Å². The molecule has 2 aromatic carbocycles. The van der Waals surface area contributed by atoms with Gasteiger partial charge >= 0.3 is 5.97 Å². The van der Waals surface area contributed by atoms with E-state index < -0.39 is 0 Å². The molecule has 0 spiro atoms. The first-order valence-electron chi connectivity index (χ1n) is 10.4. The summed E-state index contributed by atoms with van der Waals surface area (Å²) in [5.41, 5.74) is 5.24. The number of benzene rings is 2. The zero-order valence-corrected chi connectivity index (χ0v) is 17.0. The molecule has 2 nitrogen and oxygen atoms in total. The predicted molar refractivity (Wildman–Crippen MR) is 111 cm³/mol. The minimum absolute atomic E-state index is 0.0507. The number of hydrogen-bond acceptors (Lipinski definition) is 2. The van der Waals surface area contributed by atoms with Crippen LogP contribution in [0.4, 0.5) is 0 Å². The Morgan fingerprint density at radius 2 is 1.59 bits per heavy atom. The molecule has 144 valence electrons. The van der Waals surface area contributed by atoms with Crippen molar-refractivity contribution in [2.45, 2.75) is 65.7 Å². The Hall–Kier alpha value is -2.09. The first kappa shape index (κ1) is 19.7. The van der Waals surface area contributed by atoms with Crippen molar-refractivity contribution in [1.82, 2.24) is 0 Å². The van der Waals surface area contributed by atoms with E-state index in [0.29, 0.717) is 11.7 Å². The molecule has 0 aromatic heterocycles. The number of ether oxygens (including phenoxy) is 1. The van der Waals surface area contributed by atoms with Crippen molar-refractivity contribution in [3.63, 3.8) is 0 Å². The SMILES string of the molecule is CCCc1ccc(CC2CCC(C(=O)Oc3ccc(C)c(C)c3)CC2)cc1. The topological polar surface area (TPSA) is 26.3 Å². The molecular weight excluding hydrogens is 332 g/mol. The van der Waals surface area contributed by atoms with Crippen molar-refractivity contribution < 1.29 is 9.53 Å². The molecule has 1 fully saturated rings. The quantitative estimate of drug-likeness (QED) is 0.450. The standard InChI is InChI=1S/C25H32O2/c1-4-5-20-7-9-21(10-8-20)17-22-11-13-23(14-12-22)25(26)27-24-15-6-18(2)19(3)16-24/h6-10,15-16,22-23H,4-5,11-14,17H2,1-3H3. The van der Waals surface area contributed by atoms with Gasteiger partial charge in [0.05, 0.1) is 5.92 Å². The molecule has 0 N–H and O–H groups in total. The van der Waals surface area contributed by atoms with Crippen molar-refractivity contribution in [3.8, 4) is 5.75 Å². The molecule has 27 heavy (non-hydrogen) atoms. The van der Waals surface area contributed by atoms with E-state index >= 15 is 0 Å². The highest BCUT2D eigenvalue weighted by molar-refractivity contribution is 5.75. The summed E-state index contributed by atoms with van der Waals surface area (Å²) in [6.07, 6.45) is 7.61. The third-order valence-electron chi connectivity index (χ3n) is 5.96. The summed E-state index contributed by atoms with van der Waals surface area (Å²) < 4.78 is 5.64. The van der Waals surface area contributed by atoms with Gasteiger partial charge in [0, 0.05) is 0 Å². The van der Waals surface area contributed by atoms with Gasteiger partial charge in [-0.25, -0.2) is 0 Å². The monoisotopic (exact) mass is 364 g/mol. The Balaban J connectivity index is 1.47. The summed E-state index contributed by atoms with van der Waals surface area (Å²) in [5.74, 6) is 1.36. The summed E-state index contributed by atoms with van der Waals surface area (Å²) in [4.78, 5) is 12.5. The Kier molecular flexibility index (Phi) is 6.71. The summed E-state index contributed by atoms with van der Waals surface area (Å²) in [5, 5.41) is 0. The van der Waals surface area contributed by atoms with Gasteiger partial charge in [-0.15, -0.1) is 0 Å². The minimum Gasteiger partial charge on any atom is -0.426 e. The zero-order valence-electron chi connectivity index (χ0n) is 17.0. The number of rotatable bonds is 6. The molecular formula is C25H32O2. The van der Waals surface area contributed by atoms with E-state index in [1.165, 1.54) is 23.1 Å². The summed E-state index contributed by atoms with van der Waals surface area (Å²) in [7, 11) is 0. The average Bonchev–Trinajstić information content (AvgIpc) is 2.67. The summed E-state index contributed by atoms with van der Waals surface area (Å²) in [6, 6.07) is 15.0. The van der Waals surface area contributed by atoms with Crippen molar-refractivity contribution >= 4 is 5.97 Å². The molecule has 0 heterocycles. The third kappa shape index (κ3) is 5.45. The van der Waals surface area contributed by atoms with Gasteiger partial charge in [0.25, 0.3) is 0 Å². The first-order valence-corrected chi connectivity index (χ1v) is 10.4. The van der Waals surface area contributed by atoms with Gasteiger partial charge in [-0.2, -0.15) is 0 Å². The molecule has 0 radical (unpaired) electrons. The van der Waals surface area contributed by atoms with Crippen molar-refractivity contribution in [2.75, 3.05) is 0 Å². The number of aryl methyl sites for hydroxylation is 3. The van der Waals surface area contributed by atoms with Gasteiger partial charge in [0.15, 0.2) is 0 Å². The van der Waals surface area contributed by atoms with Crippen LogP contribution in [-0.2, 0) is 17.6 Å². The van der Waals surface area contributed by atoms with E-state index in [1.807, 2.05) is 25.1 Å². The maximum absolute atomic E-state index is 12.5. The lowest BCUT2D eigenvalue weighted by molar-refractivity contribution is -0.140. The number of hydrogen-bond donors (Lipinski definition) is 0. The van der Waals surface area contributed by atoms with E-state index in [1.54, 1.807) is 0 Å². The number of carbonyl (C=O) groups excluding carboxylic acids is 1. The van der Waals surface area contributed by atoms with Crippen LogP contribution in [0.2, 0.25) is 0 Å². The van der Waals surface area contributed by atoms with Crippen LogP contribution in [0, 0.1) is 25.7 Å². The smallest absolute Gasteiger partial charge is 0.314 e. The van der Waals surface area contributed by atoms with Crippen LogP contribution in [0.15, 0.2) is 42.5 Å². The highest BCUT2D eigenvalue weighted by atomic mass is 16.5. The largest absolute Gasteiger partial charge is 0.426 e. The van der Waals surface area contributed by atoms with Crippen molar-refractivity contribution in [3.05, 3.63) is 64.7 Å².